The molecular formula is C14H27N3. The molecule has 0 spiro atoms. The van der Waals surface area contributed by atoms with Crippen LogP contribution in [0.4, 0.5) is 0 Å². The standard InChI is InChI=1S/C14H27N3/c1-6-13(7-2)12(5)16-9-14-8-15-10-17(14)11(3)4/h8,10-13,16H,6-7,9H2,1-5H3. The maximum absolute atomic E-state index is 4.23. The third-order valence-electron chi connectivity index (χ3n) is 3.66. The largest absolute Gasteiger partial charge is 0.331 e. The van der Waals surface area contributed by atoms with E-state index in [1.807, 2.05) is 12.5 Å². The second kappa shape index (κ2) is 6.80. The van der Waals surface area contributed by atoms with Crippen LogP contribution in [0.1, 0.15) is 59.2 Å². The molecule has 1 aromatic rings. The van der Waals surface area contributed by atoms with Crippen molar-refractivity contribution in [2.24, 2.45) is 5.92 Å². The van der Waals surface area contributed by atoms with Gasteiger partial charge in [-0.3, -0.25) is 0 Å². The van der Waals surface area contributed by atoms with Crippen LogP contribution in [-0.2, 0) is 6.54 Å². The summed E-state index contributed by atoms with van der Waals surface area (Å²) < 4.78 is 2.23. The number of nitrogens with zero attached hydrogens (tertiary/aromatic N) is 2. The molecule has 1 N–H and O–H groups in total. The molecular weight excluding hydrogens is 210 g/mol. The van der Waals surface area contributed by atoms with Crippen LogP contribution in [0.15, 0.2) is 12.5 Å². The highest BCUT2D eigenvalue weighted by atomic mass is 15.1. The van der Waals surface area contributed by atoms with Gasteiger partial charge in [-0.25, -0.2) is 4.98 Å². The smallest absolute Gasteiger partial charge is 0.0951 e. The minimum Gasteiger partial charge on any atom is -0.331 e. The maximum atomic E-state index is 4.23. The predicted octanol–water partition coefficient (Wildman–Crippen LogP) is 3.38. The van der Waals surface area contributed by atoms with Crippen LogP contribution in [0.3, 0.4) is 0 Å². The van der Waals surface area contributed by atoms with E-state index in [9.17, 15) is 0 Å². The molecule has 3 nitrogen and oxygen atoms in total. The molecule has 0 aliphatic carbocycles. The van der Waals surface area contributed by atoms with E-state index in [0.717, 1.165) is 12.5 Å². The topological polar surface area (TPSA) is 29.9 Å². The summed E-state index contributed by atoms with van der Waals surface area (Å²) in [5.74, 6) is 0.769. The van der Waals surface area contributed by atoms with Gasteiger partial charge in [0, 0.05) is 24.8 Å². The highest BCUT2D eigenvalue weighted by Gasteiger charge is 2.13. The van der Waals surface area contributed by atoms with Crippen LogP contribution in [0.2, 0.25) is 0 Å². The quantitative estimate of drug-likeness (QED) is 0.788. The first-order valence-electron chi connectivity index (χ1n) is 6.84. The third kappa shape index (κ3) is 3.84. The lowest BCUT2D eigenvalue weighted by Crippen LogP contribution is -2.33. The normalized spacial score (nSPS) is 13.6. The molecule has 1 unspecified atom stereocenters. The highest BCUT2D eigenvalue weighted by Crippen LogP contribution is 2.14. The summed E-state index contributed by atoms with van der Waals surface area (Å²) in [6.45, 7) is 12.1. The van der Waals surface area contributed by atoms with Gasteiger partial charge in [0.15, 0.2) is 0 Å². The van der Waals surface area contributed by atoms with Gasteiger partial charge in [-0.2, -0.15) is 0 Å². The van der Waals surface area contributed by atoms with E-state index in [-0.39, 0.29) is 0 Å². The average molecular weight is 237 g/mol. The van der Waals surface area contributed by atoms with Crippen molar-refractivity contribution in [2.45, 2.75) is 66.1 Å². The number of rotatable bonds is 7. The van der Waals surface area contributed by atoms with Crippen LogP contribution in [-0.4, -0.2) is 15.6 Å². The summed E-state index contributed by atoms with van der Waals surface area (Å²) in [6, 6.07) is 1.05. The molecule has 0 bridgehead atoms. The molecule has 0 fully saturated rings. The Morgan fingerprint density at radius 2 is 1.88 bits per heavy atom. The van der Waals surface area contributed by atoms with Gasteiger partial charge in [0.1, 0.15) is 0 Å². The van der Waals surface area contributed by atoms with E-state index in [1.54, 1.807) is 0 Å². The minimum absolute atomic E-state index is 0.484. The molecule has 0 saturated heterocycles. The molecule has 17 heavy (non-hydrogen) atoms. The van der Waals surface area contributed by atoms with Crippen molar-refractivity contribution in [3.63, 3.8) is 0 Å². The van der Waals surface area contributed by atoms with Crippen LogP contribution in [0, 0.1) is 5.92 Å². The van der Waals surface area contributed by atoms with Gasteiger partial charge in [0.25, 0.3) is 0 Å². The molecule has 0 aromatic carbocycles. The van der Waals surface area contributed by atoms with Crippen molar-refractivity contribution in [3.8, 4) is 0 Å². The van der Waals surface area contributed by atoms with Crippen LogP contribution >= 0.6 is 0 Å². The zero-order valence-electron chi connectivity index (χ0n) is 11.9. The summed E-state index contributed by atoms with van der Waals surface area (Å²) >= 11 is 0. The summed E-state index contributed by atoms with van der Waals surface area (Å²) in [4.78, 5) is 4.23. The highest BCUT2D eigenvalue weighted by molar-refractivity contribution is 4.99. The van der Waals surface area contributed by atoms with Crippen molar-refractivity contribution in [1.29, 1.82) is 0 Å². The molecule has 98 valence electrons. The summed E-state index contributed by atoms with van der Waals surface area (Å²) in [5.41, 5.74) is 1.28. The zero-order chi connectivity index (χ0) is 12.8. The summed E-state index contributed by atoms with van der Waals surface area (Å²) in [5, 5.41) is 3.62. The Kier molecular flexibility index (Phi) is 5.69. The van der Waals surface area contributed by atoms with Gasteiger partial charge >= 0.3 is 0 Å². The molecule has 0 amide bonds. The van der Waals surface area contributed by atoms with Crippen LogP contribution in [0.5, 0.6) is 0 Å². The second-order valence-corrected chi connectivity index (χ2v) is 5.13. The maximum Gasteiger partial charge on any atom is 0.0951 e. The Morgan fingerprint density at radius 1 is 1.24 bits per heavy atom. The Balaban J connectivity index is 2.52. The average Bonchev–Trinajstić information content (AvgIpc) is 2.76. The minimum atomic E-state index is 0.484. The summed E-state index contributed by atoms with van der Waals surface area (Å²) in [6.07, 6.45) is 6.37. The lowest BCUT2D eigenvalue weighted by Gasteiger charge is -2.23. The summed E-state index contributed by atoms with van der Waals surface area (Å²) in [7, 11) is 0. The number of nitrogens with one attached hydrogen (secondary N) is 1. The molecule has 0 aliphatic heterocycles. The molecule has 0 radical (unpaired) electrons. The zero-order valence-corrected chi connectivity index (χ0v) is 11.9. The fraction of sp³-hybridized carbons (Fsp3) is 0.786. The fourth-order valence-electron chi connectivity index (χ4n) is 2.36. The Bertz CT molecular complexity index is 313. The molecule has 0 saturated carbocycles. The lowest BCUT2D eigenvalue weighted by molar-refractivity contribution is 0.349. The predicted molar refractivity (Wildman–Crippen MR) is 73.0 cm³/mol. The van der Waals surface area contributed by atoms with E-state index in [2.05, 4.69) is 49.5 Å². The first-order chi connectivity index (χ1) is 8.10. The molecule has 1 heterocycles. The van der Waals surface area contributed by atoms with E-state index in [0.29, 0.717) is 12.1 Å². The van der Waals surface area contributed by atoms with Gasteiger partial charge in [-0.05, 0) is 26.7 Å². The van der Waals surface area contributed by atoms with E-state index >= 15 is 0 Å². The Hall–Kier alpha value is -0.830. The third-order valence-corrected chi connectivity index (χ3v) is 3.66. The second-order valence-electron chi connectivity index (χ2n) is 5.13. The van der Waals surface area contributed by atoms with Crippen LogP contribution in [0.25, 0.3) is 0 Å². The van der Waals surface area contributed by atoms with Crippen molar-refractivity contribution < 1.29 is 0 Å². The molecule has 1 aromatic heterocycles. The molecule has 0 aliphatic rings. The van der Waals surface area contributed by atoms with Gasteiger partial charge in [0.2, 0.25) is 0 Å². The number of hydrogen-bond donors (Lipinski definition) is 1. The van der Waals surface area contributed by atoms with E-state index in [4.69, 9.17) is 0 Å². The number of aromatic nitrogens is 2. The molecule has 3 heteroatoms. The SMILES string of the molecule is CCC(CC)C(C)NCc1cncn1C(C)C. The first kappa shape index (κ1) is 14.2. The van der Waals surface area contributed by atoms with E-state index in [1.165, 1.54) is 18.5 Å². The molecule has 1 rings (SSSR count). The van der Waals surface area contributed by atoms with Gasteiger partial charge < -0.3 is 9.88 Å². The first-order valence-corrected chi connectivity index (χ1v) is 6.84. The van der Waals surface area contributed by atoms with Crippen LogP contribution < -0.4 is 5.32 Å². The molecule has 1 atom stereocenters. The van der Waals surface area contributed by atoms with Crippen molar-refractivity contribution in [2.75, 3.05) is 0 Å². The van der Waals surface area contributed by atoms with Crippen molar-refractivity contribution in [1.82, 2.24) is 14.9 Å². The lowest BCUT2D eigenvalue weighted by atomic mass is 9.95. The van der Waals surface area contributed by atoms with Crippen molar-refractivity contribution in [3.05, 3.63) is 18.2 Å². The van der Waals surface area contributed by atoms with Gasteiger partial charge in [0.05, 0.1) is 12.0 Å². The van der Waals surface area contributed by atoms with Gasteiger partial charge in [-0.15, -0.1) is 0 Å². The Morgan fingerprint density at radius 3 is 2.41 bits per heavy atom. The monoisotopic (exact) mass is 237 g/mol. The van der Waals surface area contributed by atoms with E-state index < -0.39 is 0 Å². The van der Waals surface area contributed by atoms with Gasteiger partial charge in [-0.1, -0.05) is 26.7 Å². The fourth-order valence-corrected chi connectivity index (χ4v) is 2.36. The number of hydrogen-bond acceptors (Lipinski definition) is 2. The van der Waals surface area contributed by atoms with Crippen molar-refractivity contribution >= 4 is 0 Å². The number of imidazole rings is 1. The Labute approximate surface area is 106 Å².